The second kappa shape index (κ2) is 4.37. The standard InChI is InChI=1S/C8H4Cl2F3NO/c9-4-1-5(10)6(14-3-4)2-7(15)8(11,12)13/h1,3H,2H2. The molecule has 0 unspecified atom stereocenters. The first-order valence-corrected chi connectivity index (χ1v) is 4.46. The van der Waals surface area contributed by atoms with Gasteiger partial charge in [-0.1, -0.05) is 23.2 Å². The lowest BCUT2D eigenvalue weighted by molar-refractivity contribution is -0.170. The molecule has 1 rings (SSSR count). The predicted octanol–water partition coefficient (Wildman–Crippen LogP) is 3.06. The molecule has 0 fully saturated rings. The van der Waals surface area contributed by atoms with Gasteiger partial charge in [0.05, 0.1) is 22.2 Å². The molecule has 0 saturated heterocycles. The molecular formula is C8H4Cl2F3NO. The van der Waals surface area contributed by atoms with E-state index in [1.54, 1.807) is 0 Å². The molecular weight excluding hydrogens is 254 g/mol. The Labute approximate surface area is 93.0 Å². The highest BCUT2D eigenvalue weighted by molar-refractivity contribution is 6.34. The quantitative estimate of drug-likeness (QED) is 0.815. The normalized spacial score (nSPS) is 11.5. The maximum atomic E-state index is 11.9. The van der Waals surface area contributed by atoms with E-state index >= 15 is 0 Å². The molecule has 0 aliphatic heterocycles. The summed E-state index contributed by atoms with van der Waals surface area (Å²) >= 11 is 11.0. The van der Waals surface area contributed by atoms with Crippen molar-refractivity contribution in [1.29, 1.82) is 0 Å². The lowest BCUT2D eigenvalue weighted by Crippen LogP contribution is -2.25. The molecule has 7 heteroatoms. The van der Waals surface area contributed by atoms with Gasteiger partial charge in [0.15, 0.2) is 0 Å². The van der Waals surface area contributed by atoms with Crippen molar-refractivity contribution in [2.75, 3.05) is 0 Å². The van der Waals surface area contributed by atoms with Crippen LogP contribution in [0.25, 0.3) is 0 Å². The van der Waals surface area contributed by atoms with E-state index in [2.05, 4.69) is 4.98 Å². The monoisotopic (exact) mass is 257 g/mol. The highest BCUT2D eigenvalue weighted by atomic mass is 35.5. The summed E-state index contributed by atoms with van der Waals surface area (Å²) in [7, 11) is 0. The molecule has 0 radical (unpaired) electrons. The maximum Gasteiger partial charge on any atom is 0.450 e. The third kappa shape index (κ3) is 3.35. The van der Waals surface area contributed by atoms with E-state index < -0.39 is 18.4 Å². The zero-order valence-electron chi connectivity index (χ0n) is 7.11. The van der Waals surface area contributed by atoms with Crippen LogP contribution in [-0.2, 0) is 11.2 Å². The number of hydrogen-bond donors (Lipinski definition) is 0. The topological polar surface area (TPSA) is 30.0 Å². The van der Waals surface area contributed by atoms with E-state index in [9.17, 15) is 18.0 Å². The SMILES string of the molecule is O=C(Cc1ncc(Cl)cc1Cl)C(F)(F)F. The Balaban J connectivity index is 2.87. The van der Waals surface area contributed by atoms with E-state index in [1.807, 2.05) is 0 Å². The van der Waals surface area contributed by atoms with E-state index in [4.69, 9.17) is 23.2 Å². The van der Waals surface area contributed by atoms with Crippen LogP contribution in [0.5, 0.6) is 0 Å². The van der Waals surface area contributed by atoms with Crippen molar-refractivity contribution >= 4 is 29.0 Å². The molecule has 0 N–H and O–H groups in total. The number of nitrogens with zero attached hydrogens (tertiary/aromatic N) is 1. The van der Waals surface area contributed by atoms with E-state index in [-0.39, 0.29) is 15.7 Å². The maximum absolute atomic E-state index is 11.9. The summed E-state index contributed by atoms with van der Waals surface area (Å²) in [4.78, 5) is 14.2. The zero-order chi connectivity index (χ0) is 11.6. The van der Waals surface area contributed by atoms with E-state index in [0.717, 1.165) is 6.20 Å². The molecule has 1 aromatic heterocycles. The van der Waals surface area contributed by atoms with Gasteiger partial charge < -0.3 is 0 Å². The van der Waals surface area contributed by atoms with Crippen LogP contribution < -0.4 is 0 Å². The average molecular weight is 258 g/mol. The molecule has 0 saturated carbocycles. The van der Waals surface area contributed by atoms with Crippen molar-refractivity contribution in [1.82, 2.24) is 4.98 Å². The Bertz CT molecular complexity index is 392. The number of carbonyl (C=O) groups excluding carboxylic acids is 1. The highest BCUT2D eigenvalue weighted by Crippen LogP contribution is 2.23. The van der Waals surface area contributed by atoms with Crippen LogP contribution in [0.4, 0.5) is 13.2 Å². The molecule has 1 aromatic rings. The first-order chi connectivity index (χ1) is 6.80. The molecule has 0 atom stereocenters. The molecule has 0 spiro atoms. The number of carbonyl (C=O) groups is 1. The van der Waals surface area contributed by atoms with Crippen LogP contribution in [0.1, 0.15) is 5.69 Å². The van der Waals surface area contributed by atoms with Crippen molar-refractivity contribution in [3.63, 3.8) is 0 Å². The van der Waals surface area contributed by atoms with Crippen molar-refractivity contribution < 1.29 is 18.0 Å². The number of aromatic nitrogens is 1. The molecule has 2 nitrogen and oxygen atoms in total. The summed E-state index contributed by atoms with van der Waals surface area (Å²) in [6.07, 6.45) is -4.61. The molecule has 0 bridgehead atoms. The fourth-order valence-corrected chi connectivity index (χ4v) is 1.27. The second-order valence-electron chi connectivity index (χ2n) is 2.68. The van der Waals surface area contributed by atoms with Gasteiger partial charge in [0.2, 0.25) is 5.78 Å². The Kier molecular flexibility index (Phi) is 3.57. The third-order valence-electron chi connectivity index (χ3n) is 1.53. The molecule has 0 aromatic carbocycles. The minimum atomic E-state index is -4.87. The number of hydrogen-bond acceptors (Lipinski definition) is 2. The van der Waals surface area contributed by atoms with Gasteiger partial charge in [0.1, 0.15) is 0 Å². The third-order valence-corrected chi connectivity index (χ3v) is 2.06. The highest BCUT2D eigenvalue weighted by Gasteiger charge is 2.38. The predicted molar refractivity (Wildman–Crippen MR) is 49.0 cm³/mol. The molecule has 82 valence electrons. The van der Waals surface area contributed by atoms with E-state index in [1.165, 1.54) is 6.07 Å². The van der Waals surface area contributed by atoms with Gasteiger partial charge in [-0.2, -0.15) is 13.2 Å². The van der Waals surface area contributed by atoms with Crippen molar-refractivity contribution in [2.24, 2.45) is 0 Å². The number of ketones is 1. The van der Waals surface area contributed by atoms with Crippen LogP contribution in [0.15, 0.2) is 12.3 Å². The molecule has 0 aliphatic rings. The van der Waals surface area contributed by atoms with Crippen molar-refractivity contribution in [3.8, 4) is 0 Å². The first kappa shape index (κ1) is 12.3. The number of halogens is 5. The fraction of sp³-hybridized carbons (Fsp3) is 0.250. The van der Waals surface area contributed by atoms with Crippen LogP contribution in [-0.4, -0.2) is 16.9 Å². The summed E-state index contributed by atoms with van der Waals surface area (Å²) in [5.41, 5.74) is -0.136. The van der Waals surface area contributed by atoms with Gasteiger partial charge >= 0.3 is 6.18 Å². The van der Waals surface area contributed by atoms with Crippen LogP contribution in [0.3, 0.4) is 0 Å². The Morgan fingerprint density at radius 2 is 2.00 bits per heavy atom. The minimum Gasteiger partial charge on any atom is -0.289 e. The Hall–Kier alpha value is -0.810. The lowest BCUT2D eigenvalue weighted by Gasteiger charge is -2.05. The average Bonchev–Trinajstić information content (AvgIpc) is 2.08. The molecule has 15 heavy (non-hydrogen) atoms. The van der Waals surface area contributed by atoms with Crippen LogP contribution in [0.2, 0.25) is 10.0 Å². The summed E-state index contributed by atoms with van der Waals surface area (Å²) in [6.45, 7) is 0. The number of rotatable bonds is 2. The molecule has 0 aliphatic carbocycles. The largest absolute Gasteiger partial charge is 0.450 e. The number of Topliss-reactive ketones (excluding diaryl/α,β-unsaturated/α-hetero) is 1. The molecule has 0 amide bonds. The summed E-state index contributed by atoms with van der Waals surface area (Å²) in [6, 6.07) is 1.23. The lowest BCUT2D eigenvalue weighted by atomic mass is 10.2. The van der Waals surface area contributed by atoms with Gasteiger partial charge in [-0.3, -0.25) is 9.78 Å². The van der Waals surface area contributed by atoms with Gasteiger partial charge in [-0.15, -0.1) is 0 Å². The summed E-state index contributed by atoms with van der Waals surface area (Å²) in [5, 5.41) is 0.142. The van der Waals surface area contributed by atoms with Crippen LogP contribution in [0, 0.1) is 0 Å². The van der Waals surface area contributed by atoms with Crippen molar-refractivity contribution in [2.45, 2.75) is 12.6 Å². The second-order valence-corrected chi connectivity index (χ2v) is 3.52. The van der Waals surface area contributed by atoms with Gasteiger partial charge in [0.25, 0.3) is 0 Å². The fourth-order valence-electron chi connectivity index (χ4n) is 0.825. The van der Waals surface area contributed by atoms with E-state index in [0.29, 0.717) is 0 Å². The number of alkyl halides is 3. The van der Waals surface area contributed by atoms with Crippen LogP contribution >= 0.6 is 23.2 Å². The summed E-state index contributed by atoms with van der Waals surface area (Å²) < 4.78 is 35.7. The van der Waals surface area contributed by atoms with Crippen molar-refractivity contribution in [3.05, 3.63) is 28.0 Å². The Morgan fingerprint density at radius 1 is 1.40 bits per heavy atom. The molecule has 1 heterocycles. The Morgan fingerprint density at radius 3 is 2.47 bits per heavy atom. The van der Waals surface area contributed by atoms with Gasteiger partial charge in [-0.25, -0.2) is 0 Å². The zero-order valence-corrected chi connectivity index (χ0v) is 8.62. The smallest absolute Gasteiger partial charge is 0.289 e. The van der Waals surface area contributed by atoms with Gasteiger partial charge in [0, 0.05) is 6.20 Å². The first-order valence-electron chi connectivity index (χ1n) is 3.70. The minimum absolute atomic E-state index is 0.0555. The van der Waals surface area contributed by atoms with Gasteiger partial charge in [-0.05, 0) is 6.07 Å². The summed E-state index contributed by atoms with van der Waals surface area (Å²) in [5.74, 6) is -1.89. The number of pyridine rings is 1.